The molecule has 0 radical (unpaired) electrons. The van der Waals surface area contributed by atoms with Crippen molar-refractivity contribution in [1.82, 2.24) is 0 Å². The first-order valence-corrected chi connectivity index (χ1v) is 10.6. The fourth-order valence-electron chi connectivity index (χ4n) is 3.76. The summed E-state index contributed by atoms with van der Waals surface area (Å²) in [6.07, 6.45) is -6.54. The Hall–Kier alpha value is -1.22. The Labute approximate surface area is 202 Å². The van der Waals surface area contributed by atoms with Gasteiger partial charge in [0.1, 0.15) is 49.3 Å². The van der Waals surface area contributed by atoms with E-state index in [1.165, 1.54) is 63.8 Å². The van der Waals surface area contributed by atoms with Crippen LogP contribution < -0.4 is 0 Å². The highest BCUT2D eigenvalue weighted by Crippen LogP contribution is 2.20. The minimum Gasteiger partial charge on any atom is -0.461 e. The number of methoxy groups -OCH3 is 9. The summed E-state index contributed by atoms with van der Waals surface area (Å²) in [7, 11) is 12.9. The van der Waals surface area contributed by atoms with Crippen LogP contribution in [0.1, 0.15) is 6.92 Å². The van der Waals surface area contributed by atoms with Crippen molar-refractivity contribution >= 4 is 11.8 Å². The van der Waals surface area contributed by atoms with Crippen LogP contribution in [0.15, 0.2) is 0 Å². The number of hydrogen-bond acceptors (Lipinski definition) is 12. The van der Waals surface area contributed by atoms with Gasteiger partial charge in [0.15, 0.2) is 11.9 Å². The maximum Gasteiger partial charge on any atom is 0.338 e. The molecule has 12 heteroatoms. The number of carbonyl (C=O) groups excluding carboxylic acids is 2. The molecule has 0 N–H and O–H groups in total. The molecule has 0 heterocycles. The first kappa shape index (κ1) is 32.8. The van der Waals surface area contributed by atoms with Gasteiger partial charge in [0.05, 0.1) is 6.61 Å². The average molecular weight is 499 g/mol. The Morgan fingerprint density at radius 3 is 1.26 bits per heavy atom. The summed E-state index contributed by atoms with van der Waals surface area (Å²) >= 11 is 0. The maximum absolute atomic E-state index is 13.0. The Morgan fingerprint density at radius 1 is 0.529 bits per heavy atom. The molecule has 0 aromatic carbocycles. The van der Waals surface area contributed by atoms with Crippen molar-refractivity contribution in [2.24, 2.45) is 0 Å². The zero-order chi connectivity index (χ0) is 26.3. The largest absolute Gasteiger partial charge is 0.461 e. The quantitative estimate of drug-likeness (QED) is 0.208. The van der Waals surface area contributed by atoms with Crippen LogP contribution in [0.3, 0.4) is 0 Å². The van der Waals surface area contributed by atoms with Crippen LogP contribution in [0.25, 0.3) is 0 Å². The molecule has 8 unspecified atom stereocenters. The van der Waals surface area contributed by atoms with E-state index in [2.05, 4.69) is 0 Å². The summed E-state index contributed by atoms with van der Waals surface area (Å²) in [5.41, 5.74) is 0. The molecule has 0 aliphatic rings. The molecule has 8 atom stereocenters. The van der Waals surface area contributed by atoms with E-state index >= 15 is 0 Å². The summed E-state index contributed by atoms with van der Waals surface area (Å²) < 4.78 is 54.3. The van der Waals surface area contributed by atoms with Gasteiger partial charge in [0, 0.05) is 64.0 Å². The Kier molecular flexibility index (Phi) is 17.5. The van der Waals surface area contributed by atoms with Crippen LogP contribution in [0, 0.1) is 0 Å². The maximum atomic E-state index is 13.0. The van der Waals surface area contributed by atoms with E-state index in [1.807, 2.05) is 0 Å². The van der Waals surface area contributed by atoms with Crippen molar-refractivity contribution in [3.05, 3.63) is 0 Å². The normalized spacial score (nSPS) is 18.9. The highest BCUT2D eigenvalue weighted by Gasteiger charge is 2.43. The minimum atomic E-state index is -1.22. The van der Waals surface area contributed by atoms with Crippen molar-refractivity contribution in [2.45, 2.75) is 55.8 Å². The van der Waals surface area contributed by atoms with Crippen molar-refractivity contribution in [1.29, 1.82) is 0 Å². The molecular formula is C22H42O12. The average Bonchev–Trinajstić information content (AvgIpc) is 2.84. The van der Waals surface area contributed by atoms with Crippen LogP contribution in [0.2, 0.25) is 0 Å². The molecule has 0 saturated heterocycles. The second kappa shape index (κ2) is 18.1. The number of esters is 1. The van der Waals surface area contributed by atoms with Gasteiger partial charge in [-0.2, -0.15) is 0 Å². The second-order valence-electron chi connectivity index (χ2n) is 7.36. The lowest BCUT2D eigenvalue weighted by Crippen LogP contribution is -2.54. The molecule has 0 amide bonds. The number of Topliss-reactive ketones (excluding diaryl/α,β-unsaturated/α-hetero) is 1. The first-order valence-electron chi connectivity index (χ1n) is 10.6. The fourth-order valence-corrected chi connectivity index (χ4v) is 3.76. The third kappa shape index (κ3) is 9.10. The van der Waals surface area contributed by atoms with E-state index in [-0.39, 0.29) is 19.0 Å². The van der Waals surface area contributed by atoms with E-state index < -0.39 is 54.8 Å². The standard InChI is InChI=1S/C22H42O12/c1-13(23)16(28-5)19(31-8)20(32-9)21(33-10)22(24)34-12-15(27-4)18(30-7)17(29-6)14(26-3)11-25-2/h14-21H,11-12H2,1-10H3. The topological polar surface area (TPSA) is 126 Å². The number of hydrogen-bond donors (Lipinski definition) is 0. The first-order chi connectivity index (χ1) is 16.3. The third-order valence-electron chi connectivity index (χ3n) is 5.53. The zero-order valence-corrected chi connectivity index (χ0v) is 21.9. The smallest absolute Gasteiger partial charge is 0.338 e. The summed E-state index contributed by atoms with van der Waals surface area (Å²) in [6.45, 7) is 1.41. The molecule has 12 nitrogen and oxygen atoms in total. The Bertz CT molecular complexity index is 560. The molecule has 202 valence electrons. The van der Waals surface area contributed by atoms with E-state index in [0.717, 1.165) is 0 Å². The predicted octanol–water partition coefficient (Wildman–Crippen LogP) is -0.115. The van der Waals surface area contributed by atoms with Crippen LogP contribution >= 0.6 is 0 Å². The molecule has 0 aromatic heterocycles. The molecule has 0 saturated carbocycles. The fraction of sp³-hybridized carbons (Fsp3) is 0.909. The highest BCUT2D eigenvalue weighted by atomic mass is 16.6. The van der Waals surface area contributed by atoms with Gasteiger partial charge in [-0.3, -0.25) is 4.79 Å². The van der Waals surface area contributed by atoms with E-state index in [1.54, 1.807) is 7.11 Å². The lowest BCUT2D eigenvalue weighted by molar-refractivity contribution is -0.193. The van der Waals surface area contributed by atoms with Gasteiger partial charge in [0.25, 0.3) is 0 Å². The molecule has 0 aromatic rings. The summed E-state index contributed by atoms with van der Waals surface area (Å²) in [5.74, 6) is -1.04. The van der Waals surface area contributed by atoms with Gasteiger partial charge in [-0.1, -0.05) is 0 Å². The zero-order valence-electron chi connectivity index (χ0n) is 21.9. The molecule has 0 bridgehead atoms. The number of ether oxygens (including phenoxy) is 10. The summed E-state index contributed by atoms with van der Waals surface area (Å²) in [6, 6.07) is 0. The molecular weight excluding hydrogens is 456 g/mol. The molecule has 0 aliphatic heterocycles. The number of rotatable bonds is 20. The highest BCUT2D eigenvalue weighted by molar-refractivity contribution is 5.82. The number of carbonyl (C=O) groups is 2. The van der Waals surface area contributed by atoms with E-state index in [9.17, 15) is 9.59 Å². The van der Waals surface area contributed by atoms with Crippen molar-refractivity contribution in [3.8, 4) is 0 Å². The Balaban J connectivity index is 5.59. The van der Waals surface area contributed by atoms with Gasteiger partial charge in [0.2, 0.25) is 0 Å². The van der Waals surface area contributed by atoms with Gasteiger partial charge in [-0.25, -0.2) is 4.79 Å². The van der Waals surface area contributed by atoms with Gasteiger partial charge in [-0.05, 0) is 6.92 Å². The van der Waals surface area contributed by atoms with Gasteiger partial charge < -0.3 is 47.4 Å². The van der Waals surface area contributed by atoms with Crippen molar-refractivity contribution in [2.75, 3.05) is 77.2 Å². The molecule has 34 heavy (non-hydrogen) atoms. The van der Waals surface area contributed by atoms with Crippen molar-refractivity contribution in [3.63, 3.8) is 0 Å². The Morgan fingerprint density at radius 2 is 0.941 bits per heavy atom. The van der Waals surface area contributed by atoms with Crippen LogP contribution in [0.4, 0.5) is 0 Å². The number of ketones is 1. The second-order valence-corrected chi connectivity index (χ2v) is 7.36. The SMILES string of the molecule is COCC(OC)C(OC)C(OC)C(COC(=O)C(OC)C(OC)C(OC)C(OC)C(C)=O)OC. The monoisotopic (exact) mass is 498 g/mol. The summed E-state index contributed by atoms with van der Waals surface area (Å²) in [5, 5.41) is 0. The minimum absolute atomic E-state index is 0.189. The molecule has 0 aliphatic carbocycles. The van der Waals surface area contributed by atoms with Gasteiger partial charge in [-0.15, -0.1) is 0 Å². The van der Waals surface area contributed by atoms with Crippen molar-refractivity contribution < 1.29 is 57.0 Å². The molecule has 0 rings (SSSR count). The van der Waals surface area contributed by atoms with E-state index in [0.29, 0.717) is 0 Å². The van der Waals surface area contributed by atoms with Gasteiger partial charge >= 0.3 is 5.97 Å². The van der Waals surface area contributed by atoms with Crippen LogP contribution in [0.5, 0.6) is 0 Å². The van der Waals surface area contributed by atoms with E-state index in [4.69, 9.17) is 47.4 Å². The lowest BCUT2D eigenvalue weighted by Gasteiger charge is -2.35. The molecule has 0 fully saturated rings. The predicted molar refractivity (Wildman–Crippen MR) is 120 cm³/mol. The lowest BCUT2D eigenvalue weighted by atomic mass is 9.99. The molecule has 0 spiro atoms. The van der Waals surface area contributed by atoms with Crippen LogP contribution in [-0.2, 0) is 57.0 Å². The third-order valence-corrected chi connectivity index (χ3v) is 5.53. The summed E-state index contributed by atoms with van der Waals surface area (Å²) in [4.78, 5) is 24.9. The van der Waals surface area contributed by atoms with Crippen LogP contribution in [-0.4, -0.2) is 138 Å².